The van der Waals surface area contributed by atoms with Gasteiger partial charge in [0.05, 0.1) is 18.7 Å². The molecule has 0 heterocycles. The van der Waals surface area contributed by atoms with Gasteiger partial charge in [-0.2, -0.15) is 0 Å². The van der Waals surface area contributed by atoms with Crippen molar-refractivity contribution >= 4 is 23.5 Å². The molecule has 0 atom stereocenters. The molecule has 1 aromatic rings. The summed E-state index contributed by atoms with van der Waals surface area (Å²) < 4.78 is 10.9. The first-order valence-electron chi connectivity index (χ1n) is 7.73. The van der Waals surface area contributed by atoms with Crippen LogP contribution in [0.4, 0.5) is 0 Å². The lowest BCUT2D eigenvalue weighted by molar-refractivity contribution is -0.137. The number of hydrogen-bond acceptors (Lipinski definition) is 4. The van der Waals surface area contributed by atoms with Crippen LogP contribution in [0.15, 0.2) is 12.1 Å². The number of hydrogen-bond donors (Lipinski definition) is 1. The molecule has 0 saturated carbocycles. The Morgan fingerprint density at radius 1 is 1.33 bits per heavy atom. The van der Waals surface area contributed by atoms with E-state index in [9.17, 15) is 9.59 Å². The van der Waals surface area contributed by atoms with Gasteiger partial charge in [-0.1, -0.05) is 25.4 Å². The van der Waals surface area contributed by atoms with Crippen LogP contribution in [0.3, 0.4) is 0 Å². The van der Waals surface area contributed by atoms with Crippen LogP contribution >= 0.6 is 11.6 Å². The van der Waals surface area contributed by atoms with Crippen LogP contribution in [0.25, 0.3) is 0 Å². The molecule has 0 radical (unpaired) electrons. The Balaban J connectivity index is 2.89. The number of amides is 1. The molecule has 1 N–H and O–H groups in total. The zero-order valence-electron chi connectivity index (χ0n) is 14.5. The third-order valence-corrected chi connectivity index (χ3v) is 3.55. The summed E-state index contributed by atoms with van der Waals surface area (Å²) in [6.45, 7) is 4.86. The van der Waals surface area contributed by atoms with Gasteiger partial charge in [-0.05, 0) is 24.5 Å². The minimum atomic E-state index is -0.882. The van der Waals surface area contributed by atoms with Crippen LogP contribution in [0.5, 0.6) is 11.5 Å². The van der Waals surface area contributed by atoms with E-state index in [2.05, 4.69) is 0 Å². The first-order valence-corrected chi connectivity index (χ1v) is 8.11. The summed E-state index contributed by atoms with van der Waals surface area (Å²) in [6, 6.07) is 3.12. The maximum Gasteiger partial charge on any atom is 0.303 e. The van der Waals surface area contributed by atoms with Gasteiger partial charge in [-0.3, -0.25) is 9.59 Å². The molecule has 24 heavy (non-hydrogen) atoms. The van der Waals surface area contributed by atoms with Crippen LogP contribution < -0.4 is 9.47 Å². The van der Waals surface area contributed by atoms with Gasteiger partial charge < -0.3 is 19.5 Å². The summed E-state index contributed by atoms with van der Waals surface area (Å²) in [4.78, 5) is 24.4. The lowest BCUT2D eigenvalue weighted by atomic mass is 10.1. The van der Waals surface area contributed by atoms with E-state index in [0.717, 1.165) is 0 Å². The Kier molecular flexibility index (Phi) is 7.85. The zero-order chi connectivity index (χ0) is 18.3. The SMILES string of the molecule is COc1cc(C(=O)N(C)CCCC(=O)O)cc(Cl)c1OCC(C)C. The Bertz CT molecular complexity index is 589. The molecule has 6 nitrogen and oxygen atoms in total. The number of carboxylic acids is 1. The van der Waals surface area contributed by atoms with E-state index in [0.29, 0.717) is 47.6 Å². The second kappa shape index (κ2) is 9.37. The van der Waals surface area contributed by atoms with E-state index in [1.807, 2.05) is 13.8 Å². The van der Waals surface area contributed by atoms with Crippen LogP contribution in [-0.4, -0.2) is 49.2 Å². The van der Waals surface area contributed by atoms with Crippen molar-refractivity contribution < 1.29 is 24.2 Å². The van der Waals surface area contributed by atoms with Crippen molar-refractivity contribution in [2.45, 2.75) is 26.7 Å². The molecule has 0 bridgehead atoms. The second-order valence-corrected chi connectivity index (χ2v) is 6.33. The number of carbonyl (C=O) groups excluding carboxylic acids is 1. The third kappa shape index (κ3) is 5.92. The number of aliphatic carboxylic acids is 1. The quantitative estimate of drug-likeness (QED) is 0.733. The summed E-state index contributed by atoms with van der Waals surface area (Å²) >= 11 is 6.24. The molecule has 1 rings (SSSR count). The number of ether oxygens (including phenoxy) is 2. The minimum absolute atomic E-state index is 0.0175. The molecule has 0 fully saturated rings. The van der Waals surface area contributed by atoms with Crippen LogP contribution in [0.2, 0.25) is 5.02 Å². The number of nitrogens with zero attached hydrogens (tertiary/aromatic N) is 1. The molecule has 0 aliphatic heterocycles. The van der Waals surface area contributed by atoms with Gasteiger partial charge in [0.15, 0.2) is 11.5 Å². The van der Waals surface area contributed by atoms with Crippen LogP contribution in [0.1, 0.15) is 37.0 Å². The van der Waals surface area contributed by atoms with E-state index in [1.54, 1.807) is 13.1 Å². The standard InChI is InChI=1S/C17H24ClNO5/c1-11(2)10-24-16-13(18)8-12(9-14(16)23-4)17(22)19(3)7-5-6-15(20)21/h8-9,11H,5-7,10H2,1-4H3,(H,20,21). The fourth-order valence-electron chi connectivity index (χ4n) is 2.02. The van der Waals surface area contributed by atoms with Crippen LogP contribution in [0, 0.1) is 5.92 Å². The smallest absolute Gasteiger partial charge is 0.303 e. The van der Waals surface area contributed by atoms with Crippen molar-refractivity contribution in [1.82, 2.24) is 4.90 Å². The van der Waals surface area contributed by atoms with Crippen molar-refractivity contribution in [2.24, 2.45) is 5.92 Å². The number of carboxylic acid groups (broad SMARTS) is 1. The highest BCUT2D eigenvalue weighted by Crippen LogP contribution is 2.37. The highest BCUT2D eigenvalue weighted by atomic mass is 35.5. The average molecular weight is 358 g/mol. The van der Waals surface area contributed by atoms with E-state index in [4.69, 9.17) is 26.2 Å². The van der Waals surface area contributed by atoms with Gasteiger partial charge >= 0.3 is 5.97 Å². The van der Waals surface area contributed by atoms with Gasteiger partial charge in [0, 0.05) is 25.6 Å². The largest absolute Gasteiger partial charge is 0.493 e. The Morgan fingerprint density at radius 2 is 2.00 bits per heavy atom. The summed E-state index contributed by atoms with van der Waals surface area (Å²) in [5.74, 6) is -0.000882. The van der Waals surface area contributed by atoms with E-state index < -0.39 is 5.97 Å². The van der Waals surface area contributed by atoms with E-state index in [-0.39, 0.29) is 12.3 Å². The third-order valence-electron chi connectivity index (χ3n) is 3.27. The second-order valence-electron chi connectivity index (χ2n) is 5.92. The summed E-state index contributed by atoms with van der Waals surface area (Å²) in [6.07, 6.45) is 0.404. The van der Waals surface area contributed by atoms with Gasteiger partial charge in [-0.15, -0.1) is 0 Å². The number of halogens is 1. The highest BCUT2D eigenvalue weighted by Gasteiger charge is 2.18. The normalized spacial score (nSPS) is 10.6. The maximum absolute atomic E-state index is 12.4. The van der Waals surface area contributed by atoms with Crippen molar-refractivity contribution in [3.05, 3.63) is 22.7 Å². The van der Waals surface area contributed by atoms with E-state index in [1.165, 1.54) is 18.1 Å². The Hall–Kier alpha value is -1.95. The van der Waals surface area contributed by atoms with Gasteiger partial charge in [0.1, 0.15) is 0 Å². The lowest BCUT2D eigenvalue weighted by Gasteiger charge is -2.19. The number of carbonyl (C=O) groups is 2. The Labute approximate surface area is 147 Å². The molecule has 0 aromatic heterocycles. The first kappa shape index (κ1) is 20.1. The Morgan fingerprint density at radius 3 is 2.54 bits per heavy atom. The first-order chi connectivity index (χ1) is 11.3. The van der Waals surface area contributed by atoms with Crippen molar-refractivity contribution in [3.63, 3.8) is 0 Å². The number of rotatable bonds is 9. The van der Waals surface area contributed by atoms with E-state index >= 15 is 0 Å². The molecule has 1 aromatic carbocycles. The lowest BCUT2D eigenvalue weighted by Crippen LogP contribution is -2.28. The molecule has 1 amide bonds. The fourth-order valence-corrected chi connectivity index (χ4v) is 2.29. The van der Waals surface area contributed by atoms with Crippen molar-refractivity contribution in [3.8, 4) is 11.5 Å². The fraction of sp³-hybridized carbons (Fsp3) is 0.529. The maximum atomic E-state index is 12.4. The molecule has 7 heteroatoms. The summed E-state index contributed by atoms with van der Waals surface area (Å²) in [5.41, 5.74) is 0.367. The summed E-state index contributed by atoms with van der Waals surface area (Å²) in [5, 5.41) is 8.96. The molecule has 0 spiro atoms. The molecular formula is C17H24ClNO5. The number of methoxy groups -OCH3 is 1. The van der Waals surface area contributed by atoms with Gasteiger partial charge in [-0.25, -0.2) is 0 Å². The molecular weight excluding hydrogens is 334 g/mol. The monoisotopic (exact) mass is 357 g/mol. The molecule has 0 saturated heterocycles. The van der Waals surface area contributed by atoms with Crippen molar-refractivity contribution in [2.75, 3.05) is 27.3 Å². The number of benzene rings is 1. The molecule has 0 aliphatic rings. The zero-order valence-corrected chi connectivity index (χ0v) is 15.2. The van der Waals surface area contributed by atoms with Crippen LogP contribution in [-0.2, 0) is 4.79 Å². The minimum Gasteiger partial charge on any atom is -0.493 e. The topological polar surface area (TPSA) is 76.1 Å². The van der Waals surface area contributed by atoms with Gasteiger partial charge in [0.25, 0.3) is 5.91 Å². The van der Waals surface area contributed by atoms with Crippen molar-refractivity contribution in [1.29, 1.82) is 0 Å². The predicted molar refractivity (Wildman–Crippen MR) is 92.2 cm³/mol. The predicted octanol–water partition coefficient (Wildman–Crippen LogP) is 3.32. The molecule has 134 valence electrons. The molecule has 0 aliphatic carbocycles. The average Bonchev–Trinajstić information content (AvgIpc) is 2.51. The summed E-state index contributed by atoms with van der Waals surface area (Å²) in [7, 11) is 3.10. The highest BCUT2D eigenvalue weighted by molar-refractivity contribution is 6.32. The molecule has 0 unspecified atom stereocenters. The van der Waals surface area contributed by atoms with Gasteiger partial charge in [0.2, 0.25) is 0 Å².